The van der Waals surface area contributed by atoms with Crippen molar-refractivity contribution in [2.24, 2.45) is 0 Å². The molecule has 0 bridgehead atoms. The second-order valence-electron chi connectivity index (χ2n) is 3.68. The van der Waals surface area contributed by atoms with Gasteiger partial charge in [-0.2, -0.15) is 0 Å². The summed E-state index contributed by atoms with van der Waals surface area (Å²) in [6.07, 6.45) is 2.24. The van der Waals surface area contributed by atoms with Gasteiger partial charge in [-0.3, -0.25) is 4.40 Å². The molecule has 0 aliphatic carbocycles. The van der Waals surface area contributed by atoms with Crippen molar-refractivity contribution in [3.05, 3.63) is 33.2 Å². The third-order valence-corrected chi connectivity index (χ3v) is 3.41. The average molecular weight is 310 g/mol. The van der Waals surface area contributed by atoms with Crippen LogP contribution in [0.4, 0.5) is 0 Å². The summed E-state index contributed by atoms with van der Waals surface area (Å²) in [4.78, 5) is 4.17. The van der Waals surface area contributed by atoms with Crippen molar-refractivity contribution in [3.8, 4) is 0 Å². The molecule has 18 heavy (non-hydrogen) atoms. The van der Waals surface area contributed by atoms with Crippen LogP contribution in [0.5, 0.6) is 0 Å². The smallest absolute Gasteiger partial charge is 0.153 e. The zero-order valence-electron chi connectivity index (χ0n) is 9.37. The molecular weight excluding hydrogens is 298 g/mol. The molecule has 0 atom stereocenters. The van der Waals surface area contributed by atoms with Crippen LogP contribution >= 0.6 is 34.8 Å². The Balaban J connectivity index is 2.26. The third-order valence-electron chi connectivity index (χ3n) is 2.40. The number of hydrogen-bond acceptors (Lipinski definition) is 3. The van der Waals surface area contributed by atoms with Crippen molar-refractivity contribution in [2.75, 3.05) is 13.2 Å². The van der Waals surface area contributed by atoms with Gasteiger partial charge in [-0.15, -0.1) is 0 Å². The predicted molar refractivity (Wildman–Crippen MR) is 71.6 cm³/mol. The van der Waals surface area contributed by atoms with Gasteiger partial charge in [0, 0.05) is 25.5 Å². The number of aliphatic hydroxyl groups excluding tert-OH is 1. The maximum atomic E-state index is 8.66. The van der Waals surface area contributed by atoms with E-state index in [1.807, 2.05) is 0 Å². The minimum absolute atomic E-state index is 0.0995. The fourth-order valence-corrected chi connectivity index (χ4v) is 2.06. The standard InChI is InChI=1S/C11H11Cl3N2O2/c12-7-4-10-15-11(14)9(6-18-3-1-2-17)16(10)5-8(7)13/h4-5,17H,1-3,6H2. The van der Waals surface area contributed by atoms with Gasteiger partial charge in [0.15, 0.2) is 5.15 Å². The van der Waals surface area contributed by atoms with E-state index in [0.29, 0.717) is 46.2 Å². The summed E-state index contributed by atoms with van der Waals surface area (Å²) in [6.45, 7) is 0.863. The molecule has 1 N–H and O–H groups in total. The molecule has 0 spiro atoms. The summed E-state index contributed by atoms with van der Waals surface area (Å²) >= 11 is 17.9. The molecule has 98 valence electrons. The minimum atomic E-state index is 0.0995. The van der Waals surface area contributed by atoms with Crippen LogP contribution in [0.3, 0.4) is 0 Å². The number of halogens is 3. The number of fused-ring (bicyclic) bond motifs is 1. The van der Waals surface area contributed by atoms with E-state index in [1.165, 1.54) is 0 Å². The second kappa shape index (κ2) is 6.08. The SMILES string of the molecule is OCCCOCc1c(Cl)nc2cc(Cl)c(Cl)cn12. The molecule has 0 amide bonds. The lowest BCUT2D eigenvalue weighted by molar-refractivity contribution is 0.101. The maximum Gasteiger partial charge on any atom is 0.153 e. The highest BCUT2D eigenvalue weighted by molar-refractivity contribution is 6.42. The molecule has 0 unspecified atom stereocenters. The monoisotopic (exact) mass is 308 g/mol. The van der Waals surface area contributed by atoms with Gasteiger partial charge >= 0.3 is 0 Å². The summed E-state index contributed by atoms with van der Waals surface area (Å²) in [7, 11) is 0. The Morgan fingerprint density at radius 1 is 1.28 bits per heavy atom. The number of hydrogen-bond donors (Lipinski definition) is 1. The molecule has 7 heteroatoms. The van der Waals surface area contributed by atoms with Gasteiger partial charge in [-0.05, 0) is 6.42 Å². The molecule has 2 rings (SSSR count). The Morgan fingerprint density at radius 2 is 2.06 bits per heavy atom. The number of imidazole rings is 1. The highest BCUT2D eigenvalue weighted by Gasteiger charge is 2.12. The van der Waals surface area contributed by atoms with Gasteiger partial charge in [-0.25, -0.2) is 4.98 Å². The summed E-state index contributed by atoms with van der Waals surface area (Å²) in [6, 6.07) is 1.65. The van der Waals surface area contributed by atoms with E-state index in [1.54, 1.807) is 16.7 Å². The van der Waals surface area contributed by atoms with E-state index < -0.39 is 0 Å². The van der Waals surface area contributed by atoms with Crippen molar-refractivity contribution in [1.29, 1.82) is 0 Å². The van der Waals surface area contributed by atoms with Gasteiger partial charge in [0.1, 0.15) is 5.65 Å². The summed E-state index contributed by atoms with van der Waals surface area (Å²) < 4.78 is 7.14. The molecule has 4 nitrogen and oxygen atoms in total. The predicted octanol–water partition coefficient (Wildman–Crippen LogP) is 3.19. The van der Waals surface area contributed by atoms with Crippen LogP contribution in [-0.4, -0.2) is 27.7 Å². The van der Waals surface area contributed by atoms with Crippen LogP contribution in [-0.2, 0) is 11.3 Å². The largest absolute Gasteiger partial charge is 0.396 e. The molecule has 0 saturated carbocycles. The number of aliphatic hydroxyl groups is 1. The normalized spacial score (nSPS) is 11.3. The first-order chi connectivity index (χ1) is 8.63. The first-order valence-corrected chi connectivity index (χ1v) is 6.47. The number of aromatic nitrogens is 2. The van der Waals surface area contributed by atoms with Gasteiger partial charge in [0.25, 0.3) is 0 Å². The number of ether oxygens (including phenoxy) is 1. The topological polar surface area (TPSA) is 46.8 Å². The summed E-state index contributed by atoms with van der Waals surface area (Å²) in [5, 5.41) is 9.87. The van der Waals surface area contributed by atoms with Crippen LogP contribution in [0.2, 0.25) is 15.2 Å². The molecule has 0 fully saturated rings. The van der Waals surface area contributed by atoms with E-state index >= 15 is 0 Å². The highest BCUT2D eigenvalue weighted by Crippen LogP contribution is 2.26. The Kier molecular flexibility index (Phi) is 4.70. The quantitative estimate of drug-likeness (QED) is 0.863. The van der Waals surface area contributed by atoms with Crippen LogP contribution in [0.1, 0.15) is 12.1 Å². The zero-order valence-corrected chi connectivity index (χ0v) is 11.6. The molecule has 2 aromatic heterocycles. The van der Waals surface area contributed by atoms with Gasteiger partial charge in [-0.1, -0.05) is 34.8 Å². The lowest BCUT2D eigenvalue weighted by Gasteiger charge is -2.05. The van der Waals surface area contributed by atoms with Crippen molar-refractivity contribution in [1.82, 2.24) is 9.38 Å². The van der Waals surface area contributed by atoms with Crippen molar-refractivity contribution < 1.29 is 9.84 Å². The zero-order chi connectivity index (χ0) is 13.1. The molecule has 0 aromatic carbocycles. The first kappa shape index (κ1) is 13.9. The Bertz CT molecular complexity index is 557. The van der Waals surface area contributed by atoms with Crippen molar-refractivity contribution in [2.45, 2.75) is 13.0 Å². The first-order valence-electron chi connectivity index (χ1n) is 5.33. The molecule has 0 saturated heterocycles. The van der Waals surface area contributed by atoms with E-state index in [9.17, 15) is 0 Å². The van der Waals surface area contributed by atoms with Crippen molar-refractivity contribution in [3.63, 3.8) is 0 Å². The fraction of sp³-hybridized carbons (Fsp3) is 0.364. The lowest BCUT2D eigenvalue weighted by atomic mass is 10.4. The van der Waals surface area contributed by atoms with E-state index in [4.69, 9.17) is 44.6 Å². The number of nitrogens with zero attached hydrogens (tertiary/aromatic N) is 2. The Morgan fingerprint density at radius 3 is 2.78 bits per heavy atom. The highest BCUT2D eigenvalue weighted by atomic mass is 35.5. The number of rotatable bonds is 5. The van der Waals surface area contributed by atoms with Crippen LogP contribution < -0.4 is 0 Å². The molecule has 0 aliphatic rings. The van der Waals surface area contributed by atoms with Crippen LogP contribution in [0.25, 0.3) is 5.65 Å². The van der Waals surface area contributed by atoms with Gasteiger partial charge < -0.3 is 9.84 Å². The van der Waals surface area contributed by atoms with Crippen LogP contribution in [0, 0.1) is 0 Å². The summed E-state index contributed by atoms with van der Waals surface area (Å²) in [5.41, 5.74) is 1.33. The molecule has 0 radical (unpaired) electrons. The Labute approximate surface area is 119 Å². The summed E-state index contributed by atoms with van der Waals surface area (Å²) in [5.74, 6) is 0. The molecule has 2 aromatic rings. The molecule has 2 heterocycles. The number of pyridine rings is 1. The molecule has 0 aliphatic heterocycles. The van der Waals surface area contributed by atoms with Gasteiger partial charge in [0.05, 0.1) is 22.3 Å². The fourth-order valence-electron chi connectivity index (χ4n) is 1.52. The second-order valence-corrected chi connectivity index (χ2v) is 4.85. The third kappa shape index (κ3) is 2.90. The van der Waals surface area contributed by atoms with E-state index in [-0.39, 0.29) is 6.61 Å². The van der Waals surface area contributed by atoms with E-state index in [0.717, 1.165) is 0 Å². The van der Waals surface area contributed by atoms with E-state index in [2.05, 4.69) is 4.98 Å². The van der Waals surface area contributed by atoms with Crippen LogP contribution in [0.15, 0.2) is 12.3 Å². The minimum Gasteiger partial charge on any atom is -0.396 e. The maximum absolute atomic E-state index is 8.66. The molecular formula is C11H11Cl3N2O2. The lowest BCUT2D eigenvalue weighted by Crippen LogP contribution is -2.01. The average Bonchev–Trinajstić information content (AvgIpc) is 2.62. The van der Waals surface area contributed by atoms with Gasteiger partial charge in [0.2, 0.25) is 0 Å². The Hall–Kier alpha value is -0.520. The van der Waals surface area contributed by atoms with Crippen molar-refractivity contribution >= 4 is 40.4 Å².